The van der Waals surface area contributed by atoms with E-state index < -0.39 is 41.2 Å². The van der Waals surface area contributed by atoms with Crippen molar-refractivity contribution in [3.05, 3.63) is 106 Å². The number of likely N-dealkylation sites (tertiary alicyclic amines) is 1. The summed E-state index contributed by atoms with van der Waals surface area (Å²) in [7, 11) is 0. The van der Waals surface area contributed by atoms with Gasteiger partial charge in [0.1, 0.15) is 29.1 Å². The van der Waals surface area contributed by atoms with E-state index in [9.17, 15) is 44.1 Å². The number of piperazine rings is 2. The van der Waals surface area contributed by atoms with Crippen LogP contribution in [0.5, 0.6) is 0 Å². The maximum absolute atomic E-state index is 14.1. The Morgan fingerprint density at radius 3 is 1.37 bits per heavy atom. The van der Waals surface area contributed by atoms with Gasteiger partial charge in [-0.3, -0.25) is 19.2 Å². The highest BCUT2D eigenvalue weighted by Crippen LogP contribution is 2.36. The quantitative estimate of drug-likeness (QED) is 0.0601. The first-order valence-electron chi connectivity index (χ1n) is 32.7. The van der Waals surface area contributed by atoms with Gasteiger partial charge in [-0.2, -0.15) is 0 Å². The lowest BCUT2D eigenvalue weighted by Gasteiger charge is -2.35. The molecule has 1 saturated carbocycles. The SMILES string of the molecule is CC(C)C(C(=O)O)c1cc(N2CCN(C(=O)OC(C)(C)C)CC2)no1.Cc1ncsc1-c1ccc([C@H](C)NC(=O)[C@@H]2C[C@@H](O)CN2C(=O)C(c2cc(N3CCN(C(=O)OC(C)(C)C)CC3)no2)C(C)C)cc1.Cc1ncsc1-c1ccc([C@H](C)NC(=O)[C@H]2CC[C@H](O)C2)cc1. The van der Waals surface area contributed by atoms with Crippen LogP contribution in [0, 0.1) is 31.6 Å². The van der Waals surface area contributed by atoms with Crippen LogP contribution in [0.4, 0.5) is 21.2 Å². The Bertz CT molecular complexity index is 3540. The zero-order chi connectivity index (χ0) is 69.2. The van der Waals surface area contributed by atoms with Crippen molar-refractivity contribution >= 4 is 70.2 Å². The van der Waals surface area contributed by atoms with Crippen molar-refractivity contribution in [1.82, 2.24) is 45.6 Å². The van der Waals surface area contributed by atoms with E-state index in [1.165, 1.54) is 9.78 Å². The number of hydrogen-bond donors (Lipinski definition) is 5. The summed E-state index contributed by atoms with van der Waals surface area (Å²) < 4.78 is 21.9. The number of thiazole rings is 2. The van der Waals surface area contributed by atoms with E-state index in [0.717, 1.165) is 51.4 Å². The molecule has 4 aromatic heterocycles. The number of carboxylic acids is 1. The summed E-state index contributed by atoms with van der Waals surface area (Å²) in [5.74, 6) is -1.24. The minimum Gasteiger partial charge on any atom is -0.481 e. The number of ether oxygens (including phenoxy) is 2. The molecule has 516 valence electrons. The first kappa shape index (κ1) is 72.9. The first-order valence-corrected chi connectivity index (χ1v) is 34.5. The monoisotopic (exact) mass is 1350 g/mol. The number of amides is 5. The molecule has 4 aliphatic rings. The van der Waals surface area contributed by atoms with Gasteiger partial charge in [-0.15, -0.1) is 22.7 Å². The summed E-state index contributed by atoms with van der Waals surface area (Å²) in [6.45, 7) is 30.7. The number of aliphatic hydroxyl groups excluding tert-OH is 2. The lowest BCUT2D eigenvalue weighted by Crippen LogP contribution is -2.50. The van der Waals surface area contributed by atoms with E-state index >= 15 is 0 Å². The topological polar surface area (TPSA) is 300 Å². The molecule has 5 N–H and O–H groups in total. The third-order valence-electron chi connectivity index (χ3n) is 17.2. The highest BCUT2D eigenvalue weighted by Gasteiger charge is 2.44. The van der Waals surface area contributed by atoms with Gasteiger partial charge >= 0.3 is 18.2 Å². The average Bonchev–Trinajstić information content (AvgIpc) is 1.71. The molecule has 24 nitrogen and oxygen atoms in total. The van der Waals surface area contributed by atoms with Gasteiger partial charge in [-0.05, 0) is 123 Å². The third kappa shape index (κ3) is 19.4. The number of nitrogens with one attached hydrogen (secondary N) is 2. The molecule has 1 aliphatic carbocycles. The number of aromatic nitrogens is 4. The molecule has 26 heteroatoms. The molecule has 0 radical (unpaired) electrons. The molecule has 95 heavy (non-hydrogen) atoms. The van der Waals surface area contributed by atoms with Crippen molar-refractivity contribution < 1.29 is 62.6 Å². The fourth-order valence-corrected chi connectivity index (χ4v) is 13.6. The standard InChI is InChI=1S/C34H46N6O6S.C18H22N2O2S.C17H27N3O5/c1-20(2)29(27-17-28(37-46-27)38-12-14-39(15-13-38)33(44)45-34(5,6)7)32(43)40-18-25(41)16-26(40)31(42)36-21(3)23-8-10-24(11-9-23)30-22(4)35-19-47-30;1-11(20-18(22)15-7-8-16(21)9-15)13-3-5-14(6-4-13)17-12(2)19-10-23-17;1-11(2)14(15(21)22)12-10-13(18-25-12)19-6-8-20(9-7-19)16(23)24-17(3,4)5/h8-11,17,19-21,25-26,29,41H,12-16,18H2,1-7H3,(H,36,42);3-6,10-11,15-16,21H,7-9H2,1-2H3,(H,20,22);10-11,14H,6-9H2,1-5H3,(H,21,22)/t21-,25+,26-,29?;11-,15-,16-;/m00./s1. The van der Waals surface area contributed by atoms with E-state index in [-0.39, 0.29) is 78.8 Å². The Balaban J connectivity index is 0.000000202. The molecular weight excluding hydrogens is 1250 g/mol. The van der Waals surface area contributed by atoms with Crippen LogP contribution in [0.3, 0.4) is 0 Å². The van der Waals surface area contributed by atoms with Crippen molar-refractivity contribution in [2.75, 3.05) is 68.7 Å². The first-order chi connectivity index (χ1) is 44.8. The van der Waals surface area contributed by atoms with Crippen molar-refractivity contribution in [2.24, 2.45) is 17.8 Å². The molecule has 8 atom stereocenters. The number of carbonyl (C=O) groups is 6. The van der Waals surface area contributed by atoms with Crippen LogP contribution in [-0.2, 0) is 28.7 Å². The molecule has 2 unspecified atom stereocenters. The number of aryl methyl sites for hydroxylation is 2. The Hall–Kier alpha value is -7.94. The Labute approximate surface area is 564 Å². The van der Waals surface area contributed by atoms with E-state index in [1.807, 2.05) is 142 Å². The van der Waals surface area contributed by atoms with Crippen molar-refractivity contribution in [1.29, 1.82) is 0 Å². The fraction of sp³-hybridized carbons (Fsp3) is 0.565. The number of rotatable bonds is 16. The zero-order valence-electron chi connectivity index (χ0n) is 57.2. The number of anilines is 2. The minimum atomic E-state index is -0.924. The van der Waals surface area contributed by atoms with Crippen molar-refractivity contribution in [2.45, 2.75) is 176 Å². The van der Waals surface area contributed by atoms with Crippen LogP contribution >= 0.6 is 22.7 Å². The number of aliphatic hydroxyl groups is 2. The smallest absolute Gasteiger partial charge is 0.410 e. The summed E-state index contributed by atoms with van der Waals surface area (Å²) >= 11 is 3.23. The van der Waals surface area contributed by atoms with Crippen LogP contribution in [0.2, 0.25) is 0 Å². The van der Waals surface area contributed by atoms with Gasteiger partial charge in [0.25, 0.3) is 0 Å². The summed E-state index contributed by atoms with van der Waals surface area (Å²) in [5, 5.41) is 43.9. The van der Waals surface area contributed by atoms with Gasteiger partial charge in [-0.1, -0.05) is 86.5 Å². The highest BCUT2D eigenvalue weighted by atomic mass is 32.1. The van der Waals surface area contributed by atoms with Crippen LogP contribution < -0.4 is 20.4 Å². The van der Waals surface area contributed by atoms with E-state index in [2.05, 4.69) is 55.2 Å². The zero-order valence-corrected chi connectivity index (χ0v) is 58.8. The highest BCUT2D eigenvalue weighted by molar-refractivity contribution is 7.13. The number of hydrogen-bond acceptors (Lipinski definition) is 20. The second kappa shape index (κ2) is 31.7. The molecular formula is C69H95N11O13S2. The summed E-state index contributed by atoms with van der Waals surface area (Å²) in [6, 6.07) is 18.6. The second-order valence-electron chi connectivity index (χ2n) is 27.7. The van der Waals surface area contributed by atoms with E-state index in [4.69, 9.17) is 18.5 Å². The lowest BCUT2D eigenvalue weighted by atomic mass is 9.91. The van der Waals surface area contributed by atoms with Crippen molar-refractivity contribution in [3.63, 3.8) is 0 Å². The summed E-state index contributed by atoms with van der Waals surface area (Å²) in [5.41, 5.74) is 8.88. The second-order valence-corrected chi connectivity index (χ2v) is 29.4. The van der Waals surface area contributed by atoms with Crippen LogP contribution in [-0.4, -0.2) is 175 Å². The summed E-state index contributed by atoms with van der Waals surface area (Å²) in [6.07, 6.45) is 0.459. The lowest BCUT2D eigenvalue weighted by molar-refractivity contribution is -0.141. The number of aliphatic carboxylic acids is 1. The molecule has 7 heterocycles. The predicted octanol–water partition coefficient (Wildman–Crippen LogP) is 10.8. The molecule has 6 aromatic rings. The maximum Gasteiger partial charge on any atom is 0.410 e. The van der Waals surface area contributed by atoms with Gasteiger partial charge < -0.3 is 69.0 Å². The van der Waals surface area contributed by atoms with Gasteiger partial charge in [0.2, 0.25) is 17.7 Å². The molecule has 3 aliphatic heterocycles. The molecule has 0 bridgehead atoms. The Morgan fingerprint density at radius 2 is 1.00 bits per heavy atom. The third-order valence-corrected chi connectivity index (χ3v) is 19.2. The molecule has 5 amide bonds. The Kier molecular flexibility index (Phi) is 24.4. The molecule has 4 fully saturated rings. The predicted molar refractivity (Wildman–Crippen MR) is 363 cm³/mol. The number of nitrogens with zero attached hydrogens (tertiary/aromatic N) is 9. The average molecular weight is 1350 g/mol. The van der Waals surface area contributed by atoms with Crippen LogP contribution in [0.25, 0.3) is 20.9 Å². The van der Waals surface area contributed by atoms with Crippen LogP contribution in [0.15, 0.2) is 80.7 Å². The number of benzene rings is 2. The van der Waals surface area contributed by atoms with E-state index in [0.29, 0.717) is 81.9 Å². The van der Waals surface area contributed by atoms with Crippen LogP contribution in [0.1, 0.15) is 167 Å². The van der Waals surface area contributed by atoms with Crippen molar-refractivity contribution in [3.8, 4) is 20.9 Å². The molecule has 3 saturated heterocycles. The summed E-state index contributed by atoms with van der Waals surface area (Å²) in [4.78, 5) is 95.6. The molecule has 2 aromatic carbocycles. The van der Waals surface area contributed by atoms with Gasteiger partial charge in [-0.25, -0.2) is 19.6 Å². The van der Waals surface area contributed by atoms with E-state index in [1.54, 1.807) is 44.6 Å². The van der Waals surface area contributed by atoms with Gasteiger partial charge in [0.15, 0.2) is 23.2 Å². The number of carboxylic acid groups (broad SMARTS) is 1. The van der Waals surface area contributed by atoms with Gasteiger partial charge in [0.05, 0.1) is 56.5 Å². The Morgan fingerprint density at radius 1 is 0.579 bits per heavy atom. The number of carbonyl (C=O) groups excluding carboxylic acids is 5. The minimum absolute atomic E-state index is 0.0307. The maximum atomic E-state index is 14.1. The van der Waals surface area contributed by atoms with Gasteiger partial charge in [0, 0.05) is 83.4 Å². The largest absolute Gasteiger partial charge is 0.481 e. The number of β-amino-alcohol motifs (C(OH)–C–C–N with tert-alkyl or cyclic N) is 1. The molecule has 0 spiro atoms. The fourth-order valence-electron chi connectivity index (χ4n) is 12.0. The normalized spacial score (nSPS) is 19.7. The molecule has 10 rings (SSSR count).